The van der Waals surface area contributed by atoms with E-state index in [1.54, 1.807) is 18.5 Å². The standard InChI is InChI=1S/C29H27F3N6O2/c1-28(2,29(30,31)32)23-6-3-21(4-7-23)26-35-27(40-36-26)22-5-8-25(39)38(18-22)17-20-9-12-34-24(15-20)37-13-10-19(16-33)11-14-37/h3-9,12,15,18-19H,10-11,13-14,17H2,1-2H3. The molecule has 40 heavy (non-hydrogen) atoms. The first-order valence-corrected chi connectivity index (χ1v) is 12.9. The molecule has 1 aliphatic heterocycles. The molecule has 1 saturated heterocycles. The Hall–Kier alpha value is -4.46. The number of pyridine rings is 2. The number of alkyl halides is 3. The topological polar surface area (TPSA) is 101 Å². The highest BCUT2D eigenvalue weighted by molar-refractivity contribution is 5.59. The van der Waals surface area contributed by atoms with Crippen molar-refractivity contribution in [2.75, 3.05) is 18.0 Å². The summed E-state index contributed by atoms with van der Waals surface area (Å²) in [5, 5.41) is 13.1. The highest BCUT2D eigenvalue weighted by Crippen LogP contribution is 2.40. The Bertz CT molecular complexity index is 1590. The lowest BCUT2D eigenvalue weighted by molar-refractivity contribution is -0.180. The van der Waals surface area contributed by atoms with Crippen LogP contribution in [0.1, 0.15) is 37.8 Å². The number of benzene rings is 1. The molecule has 3 aromatic heterocycles. The van der Waals surface area contributed by atoms with Crippen LogP contribution in [0.2, 0.25) is 0 Å². The first-order valence-electron chi connectivity index (χ1n) is 12.9. The summed E-state index contributed by atoms with van der Waals surface area (Å²) in [6.07, 6.45) is 0.552. The number of nitrogens with zero attached hydrogens (tertiary/aromatic N) is 6. The van der Waals surface area contributed by atoms with E-state index in [-0.39, 0.29) is 28.8 Å². The smallest absolute Gasteiger partial charge is 0.357 e. The third kappa shape index (κ3) is 5.47. The van der Waals surface area contributed by atoms with Crippen LogP contribution in [0.25, 0.3) is 22.8 Å². The zero-order chi connectivity index (χ0) is 28.5. The summed E-state index contributed by atoms with van der Waals surface area (Å²) >= 11 is 0. The van der Waals surface area contributed by atoms with Crippen LogP contribution in [0.15, 0.2) is 70.2 Å². The Balaban J connectivity index is 1.33. The molecule has 206 valence electrons. The Morgan fingerprint density at radius 1 is 1.05 bits per heavy atom. The molecule has 11 heteroatoms. The van der Waals surface area contributed by atoms with Gasteiger partial charge in [0.15, 0.2) is 0 Å². The van der Waals surface area contributed by atoms with Crippen LogP contribution in [0, 0.1) is 17.2 Å². The molecule has 4 aromatic rings. The molecule has 0 unspecified atom stereocenters. The molecule has 1 fully saturated rings. The van der Waals surface area contributed by atoms with Crippen molar-refractivity contribution in [1.82, 2.24) is 19.7 Å². The maximum absolute atomic E-state index is 13.4. The average Bonchev–Trinajstić information content (AvgIpc) is 3.44. The predicted molar refractivity (Wildman–Crippen MR) is 142 cm³/mol. The van der Waals surface area contributed by atoms with Crippen molar-refractivity contribution in [3.8, 4) is 28.9 Å². The number of hydrogen-bond acceptors (Lipinski definition) is 7. The molecule has 0 amide bonds. The fraction of sp³-hybridized carbons (Fsp3) is 0.345. The maximum Gasteiger partial charge on any atom is 0.397 e. The molecule has 5 rings (SSSR count). The zero-order valence-electron chi connectivity index (χ0n) is 22.0. The second kappa shape index (κ2) is 10.6. The molecule has 4 heterocycles. The minimum atomic E-state index is -4.38. The molecular weight excluding hydrogens is 521 g/mol. The molecule has 0 saturated carbocycles. The van der Waals surface area contributed by atoms with Crippen molar-refractivity contribution in [3.05, 3.63) is 82.4 Å². The van der Waals surface area contributed by atoms with E-state index in [2.05, 4.69) is 26.1 Å². The van der Waals surface area contributed by atoms with Gasteiger partial charge < -0.3 is 14.0 Å². The fourth-order valence-electron chi connectivity index (χ4n) is 4.61. The van der Waals surface area contributed by atoms with E-state index in [9.17, 15) is 18.0 Å². The number of anilines is 1. The number of piperidine rings is 1. The summed E-state index contributed by atoms with van der Waals surface area (Å²) in [5.41, 5.74) is -0.148. The summed E-state index contributed by atoms with van der Waals surface area (Å²) in [6, 6.07) is 15.0. The van der Waals surface area contributed by atoms with E-state index in [0.29, 0.717) is 17.7 Å². The van der Waals surface area contributed by atoms with Gasteiger partial charge in [0.1, 0.15) is 5.82 Å². The second-order valence-corrected chi connectivity index (χ2v) is 10.4. The van der Waals surface area contributed by atoms with Gasteiger partial charge in [0.05, 0.1) is 23.6 Å². The summed E-state index contributed by atoms with van der Waals surface area (Å²) in [5.74, 6) is 1.29. The fourth-order valence-corrected chi connectivity index (χ4v) is 4.61. The molecule has 1 aliphatic rings. The molecule has 0 atom stereocenters. The summed E-state index contributed by atoms with van der Waals surface area (Å²) in [7, 11) is 0. The summed E-state index contributed by atoms with van der Waals surface area (Å²) in [6.45, 7) is 4.08. The third-order valence-corrected chi connectivity index (χ3v) is 7.39. The lowest BCUT2D eigenvalue weighted by atomic mass is 9.83. The SMILES string of the molecule is CC(C)(c1ccc(-c2noc(-c3ccc(=O)n(Cc4ccnc(N5CCC(C#N)CC5)c4)c3)n2)cc1)C(F)(F)F. The monoisotopic (exact) mass is 548 g/mol. The quantitative estimate of drug-likeness (QED) is 0.310. The molecule has 0 aliphatic carbocycles. The van der Waals surface area contributed by atoms with Gasteiger partial charge in [-0.2, -0.15) is 23.4 Å². The van der Waals surface area contributed by atoms with E-state index in [1.165, 1.54) is 34.9 Å². The van der Waals surface area contributed by atoms with E-state index < -0.39 is 11.6 Å². The molecule has 0 bridgehead atoms. The summed E-state index contributed by atoms with van der Waals surface area (Å²) < 4.78 is 47.1. The maximum atomic E-state index is 13.4. The van der Waals surface area contributed by atoms with E-state index in [0.717, 1.165) is 51.2 Å². The van der Waals surface area contributed by atoms with Crippen molar-refractivity contribution in [3.63, 3.8) is 0 Å². The molecular formula is C29H27F3N6O2. The van der Waals surface area contributed by atoms with Crippen LogP contribution in [0.5, 0.6) is 0 Å². The highest BCUT2D eigenvalue weighted by atomic mass is 19.4. The van der Waals surface area contributed by atoms with Gasteiger partial charge in [-0.1, -0.05) is 29.4 Å². The van der Waals surface area contributed by atoms with Crippen LogP contribution in [-0.4, -0.2) is 39.0 Å². The number of hydrogen-bond donors (Lipinski definition) is 0. The minimum absolute atomic E-state index is 0.0758. The lowest BCUT2D eigenvalue weighted by Crippen LogP contribution is -2.36. The number of aromatic nitrogens is 4. The van der Waals surface area contributed by atoms with Crippen LogP contribution in [0.4, 0.5) is 19.0 Å². The normalized spacial score (nSPS) is 14.8. The summed E-state index contributed by atoms with van der Waals surface area (Å²) in [4.78, 5) is 23.7. The first kappa shape index (κ1) is 27.1. The highest BCUT2D eigenvalue weighted by Gasteiger charge is 2.48. The van der Waals surface area contributed by atoms with Crippen molar-refractivity contribution >= 4 is 5.82 Å². The number of nitriles is 1. The van der Waals surface area contributed by atoms with Crippen molar-refractivity contribution < 1.29 is 17.7 Å². The second-order valence-electron chi connectivity index (χ2n) is 10.4. The molecule has 8 nitrogen and oxygen atoms in total. The third-order valence-electron chi connectivity index (χ3n) is 7.39. The van der Waals surface area contributed by atoms with Gasteiger partial charge in [-0.05, 0) is 56.0 Å². The van der Waals surface area contributed by atoms with Crippen LogP contribution in [0.3, 0.4) is 0 Å². The van der Waals surface area contributed by atoms with Gasteiger partial charge in [-0.15, -0.1) is 0 Å². The van der Waals surface area contributed by atoms with Crippen LogP contribution in [-0.2, 0) is 12.0 Å². The van der Waals surface area contributed by atoms with Crippen LogP contribution >= 0.6 is 0 Å². The first-order chi connectivity index (χ1) is 19.0. The molecule has 1 aromatic carbocycles. The Labute approximate surface area is 228 Å². The Morgan fingerprint density at radius 2 is 1.75 bits per heavy atom. The number of halogens is 3. The van der Waals surface area contributed by atoms with Gasteiger partial charge in [0, 0.05) is 43.0 Å². The minimum Gasteiger partial charge on any atom is -0.357 e. The predicted octanol–water partition coefficient (Wildman–Crippen LogP) is 5.59. The van der Waals surface area contributed by atoms with Crippen molar-refractivity contribution in [1.29, 1.82) is 5.26 Å². The number of rotatable bonds is 6. The molecule has 0 radical (unpaired) electrons. The van der Waals surface area contributed by atoms with Gasteiger partial charge >= 0.3 is 6.18 Å². The zero-order valence-corrected chi connectivity index (χ0v) is 22.0. The van der Waals surface area contributed by atoms with E-state index >= 15 is 0 Å². The van der Waals surface area contributed by atoms with E-state index in [4.69, 9.17) is 9.78 Å². The van der Waals surface area contributed by atoms with Gasteiger partial charge in [-0.3, -0.25) is 4.79 Å². The lowest BCUT2D eigenvalue weighted by Gasteiger charge is -2.30. The van der Waals surface area contributed by atoms with Gasteiger partial charge in [0.2, 0.25) is 5.82 Å². The molecule has 0 spiro atoms. The van der Waals surface area contributed by atoms with Crippen molar-refractivity contribution in [2.24, 2.45) is 5.92 Å². The van der Waals surface area contributed by atoms with Gasteiger partial charge in [-0.25, -0.2) is 4.98 Å². The Morgan fingerprint density at radius 3 is 2.42 bits per heavy atom. The van der Waals surface area contributed by atoms with Crippen molar-refractivity contribution in [2.45, 2.75) is 44.8 Å². The Kier molecular flexibility index (Phi) is 7.19. The van der Waals surface area contributed by atoms with E-state index in [1.807, 2.05) is 12.1 Å². The largest absolute Gasteiger partial charge is 0.397 e. The average molecular weight is 549 g/mol. The molecule has 0 N–H and O–H groups in total. The van der Waals surface area contributed by atoms with Crippen LogP contribution < -0.4 is 10.5 Å². The van der Waals surface area contributed by atoms with Gasteiger partial charge in [0.25, 0.3) is 11.4 Å².